The summed E-state index contributed by atoms with van der Waals surface area (Å²) in [6, 6.07) is -1.02. The summed E-state index contributed by atoms with van der Waals surface area (Å²) in [6.07, 6.45) is 2.02. The third-order valence-corrected chi connectivity index (χ3v) is 8.10. The molecule has 194 valence electrons. The standard InChI is InChI=1S/C25H34ClFN2O5S/c1-14-11-34-12-17(26)5-6-20(19(27)9-18-13-35-16(3)28-18)29-22(31)10-21(30)25(7-4-8-25)24(33)15(2)23(14)32/h5,9,13-15,20-21,23,30,32H,4,6-8,10-12H2,1-3H3,(H,29,31)/b17-5+,19-9-/t14-,15+,20-,21-,23-/m0/s1. The van der Waals surface area contributed by atoms with Crippen LogP contribution in [0.15, 0.2) is 22.3 Å². The first-order valence-electron chi connectivity index (χ1n) is 11.9. The Hall–Kier alpha value is -1.65. The number of Topliss-reactive ketones (excluding diaryl/α,β-unsaturated/α-hetero) is 1. The molecule has 1 aromatic rings. The van der Waals surface area contributed by atoms with Crippen molar-refractivity contribution in [1.29, 1.82) is 0 Å². The van der Waals surface area contributed by atoms with Gasteiger partial charge in [-0.2, -0.15) is 0 Å². The van der Waals surface area contributed by atoms with Crippen LogP contribution in [0.2, 0.25) is 0 Å². The van der Waals surface area contributed by atoms with Gasteiger partial charge in [0, 0.05) is 22.2 Å². The monoisotopic (exact) mass is 528 g/mol. The van der Waals surface area contributed by atoms with Gasteiger partial charge in [-0.1, -0.05) is 37.9 Å². The van der Waals surface area contributed by atoms with E-state index < -0.39 is 41.3 Å². The average molecular weight is 529 g/mol. The Kier molecular flexibility index (Phi) is 9.62. The fraction of sp³-hybridized carbons (Fsp3) is 0.640. The average Bonchev–Trinajstić information content (AvgIpc) is 3.18. The molecule has 1 aliphatic heterocycles. The molecule has 1 aromatic heterocycles. The van der Waals surface area contributed by atoms with Crippen molar-refractivity contribution in [2.75, 3.05) is 13.2 Å². The predicted molar refractivity (Wildman–Crippen MR) is 133 cm³/mol. The van der Waals surface area contributed by atoms with Crippen LogP contribution in [0.5, 0.6) is 0 Å². The number of nitrogens with one attached hydrogen (secondary N) is 1. The van der Waals surface area contributed by atoms with Crippen molar-refractivity contribution in [3.63, 3.8) is 0 Å². The summed E-state index contributed by atoms with van der Waals surface area (Å²) in [5.74, 6) is -2.51. The van der Waals surface area contributed by atoms with E-state index in [4.69, 9.17) is 16.3 Å². The molecule has 2 aliphatic rings. The predicted octanol–water partition coefficient (Wildman–Crippen LogP) is 3.91. The molecule has 0 aromatic carbocycles. The molecule has 1 saturated carbocycles. The maximum absolute atomic E-state index is 15.2. The lowest BCUT2D eigenvalue weighted by atomic mass is 9.59. The van der Waals surface area contributed by atoms with Crippen molar-refractivity contribution in [2.24, 2.45) is 17.3 Å². The summed E-state index contributed by atoms with van der Waals surface area (Å²) in [6.45, 7) is 5.47. The highest BCUT2D eigenvalue weighted by Gasteiger charge is 2.52. The number of carbonyl (C=O) groups is 2. The quantitative estimate of drug-likeness (QED) is 0.537. The minimum atomic E-state index is -1.23. The number of aryl methyl sites for hydroxylation is 1. The van der Waals surface area contributed by atoms with Gasteiger partial charge in [0.05, 0.1) is 54.0 Å². The number of ether oxygens (including phenoxy) is 1. The molecular formula is C25H34ClFN2O5S. The normalized spacial score (nSPS) is 33.1. The van der Waals surface area contributed by atoms with Gasteiger partial charge in [0.15, 0.2) is 0 Å². The number of aromatic nitrogens is 1. The number of carbonyl (C=O) groups excluding carboxylic acids is 2. The van der Waals surface area contributed by atoms with Gasteiger partial charge in [-0.05, 0) is 32.3 Å². The van der Waals surface area contributed by atoms with Crippen LogP contribution >= 0.6 is 22.9 Å². The van der Waals surface area contributed by atoms with E-state index in [0.29, 0.717) is 23.6 Å². The lowest BCUT2D eigenvalue weighted by molar-refractivity contribution is -0.155. The Labute approximate surface area is 214 Å². The molecule has 7 nitrogen and oxygen atoms in total. The van der Waals surface area contributed by atoms with Gasteiger partial charge in [-0.25, -0.2) is 9.37 Å². The fourth-order valence-electron chi connectivity index (χ4n) is 4.70. The largest absolute Gasteiger partial charge is 0.392 e. The first-order chi connectivity index (χ1) is 16.5. The Morgan fingerprint density at radius 3 is 2.66 bits per heavy atom. The molecule has 1 fully saturated rings. The van der Waals surface area contributed by atoms with E-state index >= 15 is 4.39 Å². The van der Waals surface area contributed by atoms with E-state index in [9.17, 15) is 19.8 Å². The van der Waals surface area contributed by atoms with E-state index in [-0.39, 0.29) is 37.8 Å². The van der Waals surface area contributed by atoms with E-state index in [1.807, 2.05) is 6.92 Å². The van der Waals surface area contributed by atoms with Crippen molar-refractivity contribution in [1.82, 2.24) is 10.3 Å². The topological polar surface area (TPSA) is 109 Å². The van der Waals surface area contributed by atoms with Gasteiger partial charge < -0.3 is 20.3 Å². The van der Waals surface area contributed by atoms with Gasteiger partial charge in [-0.15, -0.1) is 11.3 Å². The second kappa shape index (κ2) is 12.1. The molecule has 1 amide bonds. The molecule has 35 heavy (non-hydrogen) atoms. The maximum Gasteiger partial charge on any atom is 0.223 e. The smallest absolute Gasteiger partial charge is 0.223 e. The summed E-state index contributed by atoms with van der Waals surface area (Å²) >= 11 is 7.64. The highest BCUT2D eigenvalue weighted by Crippen LogP contribution is 2.48. The zero-order valence-electron chi connectivity index (χ0n) is 20.3. The SMILES string of the molecule is Cc1nc(/C=C(\F)[C@@H]2C/C=C(/Cl)COC[C@H](C)[C@H](O)[C@@H](C)C(=O)C3(CCC3)[C@@H](O)CC(=O)N2)cs1. The van der Waals surface area contributed by atoms with Crippen molar-refractivity contribution in [2.45, 2.75) is 71.1 Å². The molecule has 1 aliphatic carbocycles. The lowest BCUT2D eigenvalue weighted by Gasteiger charge is -2.46. The Morgan fingerprint density at radius 1 is 1.34 bits per heavy atom. The van der Waals surface area contributed by atoms with E-state index in [2.05, 4.69) is 10.3 Å². The molecule has 5 atom stereocenters. The maximum atomic E-state index is 15.2. The van der Waals surface area contributed by atoms with Crippen LogP contribution in [-0.2, 0) is 14.3 Å². The van der Waals surface area contributed by atoms with Crippen molar-refractivity contribution in [3.8, 4) is 0 Å². The first kappa shape index (κ1) is 27.9. The molecule has 1 spiro atoms. The highest BCUT2D eigenvalue weighted by molar-refractivity contribution is 7.09. The number of aliphatic hydroxyl groups excluding tert-OH is 2. The van der Waals surface area contributed by atoms with Crippen molar-refractivity contribution >= 4 is 40.7 Å². The molecule has 0 saturated heterocycles. The number of hydrogen-bond acceptors (Lipinski definition) is 7. The third-order valence-electron chi connectivity index (χ3n) is 7.05. The number of halogens is 2. The number of aliphatic hydroxyl groups is 2. The molecule has 3 N–H and O–H groups in total. The molecular weight excluding hydrogens is 495 g/mol. The van der Waals surface area contributed by atoms with Crippen LogP contribution in [0.1, 0.15) is 56.7 Å². The molecule has 10 heteroatoms. The summed E-state index contributed by atoms with van der Waals surface area (Å²) in [4.78, 5) is 30.4. The number of hydrogen-bond donors (Lipinski definition) is 3. The van der Waals surface area contributed by atoms with Crippen LogP contribution in [-0.4, -0.2) is 58.4 Å². The summed E-state index contributed by atoms with van der Waals surface area (Å²) in [7, 11) is 0. The number of amides is 1. The summed E-state index contributed by atoms with van der Waals surface area (Å²) in [5, 5.41) is 27.2. The number of thiazole rings is 1. The highest BCUT2D eigenvalue weighted by atomic mass is 35.5. The number of rotatable bonds is 2. The Balaban J connectivity index is 1.87. The molecule has 2 heterocycles. The van der Waals surface area contributed by atoms with Crippen molar-refractivity contribution < 1.29 is 28.9 Å². The van der Waals surface area contributed by atoms with Gasteiger partial charge in [0.2, 0.25) is 5.91 Å². The Morgan fingerprint density at radius 2 is 2.06 bits per heavy atom. The minimum Gasteiger partial charge on any atom is -0.392 e. The molecule has 0 unspecified atom stereocenters. The minimum absolute atomic E-state index is 0.0564. The van der Waals surface area contributed by atoms with Crippen LogP contribution in [0.3, 0.4) is 0 Å². The van der Waals surface area contributed by atoms with E-state index in [1.54, 1.807) is 25.3 Å². The lowest BCUT2D eigenvalue weighted by Crippen LogP contribution is -2.54. The zero-order chi connectivity index (χ0) is 25.8. The van der Waals surface area contributed by atoms with Crippen LogP contribution < -0.4 is 5.32 Å². The van der Waals surface area contributed by atoms with Crippen LogP contribution in [0.25, 0.3) is 6.08 Å². The van der Waals surface area contributed by atoms with Gasteiger partial charge >= 0.3 is 0 Å². The second-order valence-corrected chi connectivity index (χ2v) is 11.2. The number of ketones is 1. The van der Waals surface area contributed by atoms with Gasteiger partial charge in [0.25, 0.3) is 0 Å². The van der Waals surface area contributed by atoms with Crippen LogP contribution in [0, 0.1) is 24.2 Å². The molecule has 3 rings (SSSR count). The van der Waals surface area contributed by atoms with Crippen molar-refractivity contribution in [3.05, 3.63) is 33.0 Å². The van der Waals surface area contributed by atoms with E-state index in [1.165, 1.54) is 17.4 Å². The summed E-state index contributed by atoms with van der Waals surface area (Å²) in [5.41, 5.74) is -0.633. The Bertz CT molecular complexity index is 977. The van der Waals surface area contributed by atoms with Gasteiger partial charge in [-0.3, -0.25) is 9.59 Å². The third kappa shape index (κ3) is 6.77. The first-order valence-corrected chi connectivity index (χ1v) is 13.2. The zero-order valence-corrected chi connectivity index (χ0v) is 21.9. The second-order valence-electron chi connectivity index (χ2n) is 9.69. The van der Waals surface area contributed by atoms with Gasteiger partial charge in [0.1, 0.15) is 11.6 Å². The fourth-order valence-corrected chi connectivity index (χ4v) is 5.44. The number of nitrogens with zero attached hydrogens (tertiary/aromatic N) is 1. The van der Waals surface area contributed by atoms with Crippen LogP contribution in [0.4, 0.5) is 4.39 Å². The molecule has 0 bridgehead atoms. The molecule has 0 radical (unpaired) electrons. The van der Waals surface area contributed by atoms with E-state index in [0.717, 1.165) is 11.4 Å². The summed E-state index contributed by atoms with van der Waals surface area (Å²) < 4.78 is 20.8.